The molecule has 0 radical (unpaired) electrons. The van der Waals surface area contributed by atoms with Gasteiger partial charge in [-0.15, -0.1) is 0 Å². The van der Waals surface area contributed by atoms with Gasteiger partial charge in [0.2, 0.25) is 10.0 Å². The number of rotatable bonds is 2. The first-order chi connectivity index (χ1) is 9.38. The minimum absolute atomic E-state index is 0.157. The summed E-state index contributed by atoms with van der Waals surface area (Å²) < 4.78 is 27.9. The highest BCUT2D eigenvalue weighted by atomic mass is 79.9. The Morgan fingerprint density at radius 1 is 1.25 bits per heavy atom. The molecule has 2 fully saturated rings. The summed E-state index contributed by atoms with van der Waals surface area (Å²) in [5.41, 5.74) is 7.02. The van der Waals surface area contributed by atoms with E-state index in [0.717, 1.165) is 22.9 Å². The van der Waals surface area contributed by atoms with E-state index in [0.29, 0.717) is 29.8 Å². The van der Waals surface area contributed by atoms with Crippen molar-refractivity contribution in [3.8, 4) is 0 Å². The monoisotopic (exact) mass is 358 g/mol. The van der Waals surface area contributed by atoms with Crippen LogP contribution in [0.2, 0.25) is 0 Å². The van der Waals surface area contributed by atoms with E-state index in [-0.39, 0.29) is 6.04 Å². The fourth-order valence-electron chi connectivity index (χ4n) is 3.46. The summed E-state index contributed by atoms with van der Waals surface area (Å²) in [4.78, 5) is 0.373. The molecule has 1 aromatic carbocycles. The number of hydrogen-bond donors (Lipinski definition) is 1. The number of sulfonamides is 1. The van der Waals surface area contributed by atoms with Crippen molar-refractivity contribution < 1.29 is 8.42 Å². The highest BCUT2D eigenvalue weighted by Gasteiger charge is 2.45. The molecule has 1 saturated carbocycles. The Bertz CT molecular complexity index is 612. The largest absolute Gasteiger partial charge is 0.327 e. The van der Waals surface area contributed by atoms with Crippen molar-refractivity contribution in [1.82, 2.24) is 4.31 Å². The fourth-order valence-corrected chi connectivity index (χ4v) is 5.89. The number of halogens is 1. The van der Waals surface area contributed by atoms with E-state index in [1.807, 2.05) is 13.0 Å². The molecule has 0 aromatic heterocycles. The summed E-state index contributed by atoms with van der Waals surface area (Å²) in [6.07, 6.45) is 2.08. The molecule has 2 aliphatic rings. The van der Waals surface area contributed by atoms with Gasteiger partial charge in [-0.3, -0.25) is 0 Å². The van der Waals surface area contributed by atoms with Crippen LogP contribution in [0.1, 0.15) is 18.4 Å². The third-order valence-corrected chi connectivity index (χ3v) is 6.80. The lowest BCUT2D eigenvalue weighted by molar-refractivity contribution is 0.427. The van der Waals surface area contributed by atoms with Gasteiger partial charge in [0.15, 0.2) is 0 Å². The minimum atomic E-state index is -3.40. The van der Waals surface area contributed by atoms with Crippen molar-refractivity contribution in [3.05, 3.63) is 28.2 Å². The van der Waals surface area contributed by atoms with Crippen LogP contribution >= 0.6 is 15.9 Å². The Kier molecular flexibility index (Phi) is 3.69. The first-order valence-corrected chi connectivity index (χ1v) is 9.14. The zero-order chi connectivity index (χ0) is 14.5. The summed E-state index contributed by atoms with van der Waals surface area (Å²) in [6.45, 7) is 3.09. The van der Waals surface area contributed by atoms with Crippen LogP contribution < -0.4 is 5.73 Å². The van der Waals surface area contributed by atoms with Crippen molar-refractivity contribution in [1.29, 1.82) is 0 Å². The topological polar surface area (TPSA) is 63.4 Å². The third-order valence-electron chi connectivity index (χ3n) is 4.53. The molecular weight excluding hydrogens is 340 g/mol. The summed E-state index contributed by atoms with van der Waals surface area (Å²) in [6, 6.07) is 5.47. The summed E-state index contributed by atoms with van der Waals surface area (Å²) in [5.74, 6) is 0.769. The highest BCUT2D eigenvalue weighted by Crippen LogP contribution is 2.39. The normalized spacial score (nSPS) is 30.6. The molecule has 0 amide bonds. The lowest BCUT2D eigenvalue weighted by Crippen LogP contribution is -2.33. The van der Waals surface area contributed by atoms with Gasteiger partial charge in [0.05, 0.1) is 4.90 Å². The van der Waals surface area contributed by atoms with Crippen LogP contribution in [-0.2, 0) is 10.0 Å². The number of nitrogens with two attached hydrogens (primary N) is 1. The lowest BCUT2D eigenvalue weighted by atomic mass is 9.98. The molecule has 0 spiro atoms. The van der Waals surface area contributed by atoms with Crippen LogP contribution in [0.3, 0.4) is 0 Å². The van der Waals surface area contributed by atoms with Crippen molar-refractivity contribution in [2.45, 2.75) is 30.7 Å². The van der Waals surface area contributed by atoms with Gasteiger partial charge in [-0.25, -0.2) is 8.42 Å². The molecule has 1 heterocycles. The highest BCUT2D eigenvalue weighted by molar-refractivity contribution is 9.10. The smallest absolute Gasteiger partial charge is 0.243 e. The maximum atomic E-state index is 12.7. The molecule has 3 unspecified atom stereocenters. The molecule has 20 heavy (non-hydrogen) atoms. The second kappa shape index (κ2) is 5.09. The molecule has 4 nitrogen and oxygen atoms in total. The number of fused-ring (bicyclic) bond motifs is 1. The second-order valence-corrected chi connectivity index (χ2v) is 8.81. The van der Waals surface area contributed by atoms with Crippen molar-refractivity contribution in [3.63, 3.8) is 0 Å². The van der Waals surface area contributed by atoms with Gasteiger partial charge in [0.25, 0.3) is 0 Å². The lowest BCUT2D eigenvalue weighted by Gasteiger charge is -2.19. The van der Waals surface area contributed by atoms with E-state index in [2.05, 4.69) is 15.9 Å². The molecular formula is C14H19BrN2O2S. The van der Waals surface area contributed by atoms with E-state index < -0.39 is 10.0 Å². The van der Waals surface area contributed by atoms with Gasteiger partial charge in [0, 0.05) is 23.6 Å². The fraction of sp³-hybridized carbons (Fsp3) is 0.571. The van der Waals surface area contributed by atoms with Crippen molar-refractivity contribution in [2.75, 3.05) is 13.1 Å². The first-order valence-electron chi connectivity index (χ1n) is 6.91. The average Bonchev–Trinajstić information content (AvgIpc) is 2.91. The quantitative estimate of drug-likeness (QED) is 0.880. The second-order valence-electron chi connectivity index (χ2n) is 5.95. The average molecular weight is 359 g/mol. The SMILES string of the molecule is Cc1cc(Br)cc(S(=O)(=O)N2CC3CCC(N)C3C2)c1. The van der Waals surface area contributed by atoms with E-state index in [4.69, 9.17) is 5.73 Å². The van der Waals surface area contributed by atoms with Gasteiger partial charge in [-0.2, -0.15) is 4.31 Å². The maximum absolute atomic E-state index is 12.7. The van der Waals surface area contributed by atoms with Gasteiger partial charge >= 0.3 is 0 Å². The zero-order valence-electron chi connectivity index (χ0n) is 11.4. The van der Waals surface area contributed by atoms with Crippen LogP contribution in [0.15, 0.2) is 27.6 Å². The Balaban J connectivity index is 1.90. The molecule has 0 bridgehead atoms. The molecule has 3 rings (SSSR count). The molecule has 110 valence electrons. The van der Waals surface area contributed by atoms with Crippen molar-refractivity contribution in [2.24, 2.45) is 17.6 Å². The predicted molar refractivity (Wildman–Crippen MR) is 81.8 cm³/mol. The summed E-state index contributed by atoms with van der Waals surface area (Å²) >= 11 is 3.37. The zero-order valence-corrected chi connectivity index (χ0v) is 13.8. The van der Waals surface area contributed by atoms with Crippen LogP contribution in [0, 0.1) is 18.8 Å². The number of benzene rings is 1. The van der Waals surface area contributed by atoms with E-state index in [9.17, 15) is 8.42 Å². The van der Waals surface area contributed by atoms with Crippen LogP contribution in [0.25, 0.3) is 0 Å². The summed E-state index contributed by atoms with van der Waals surface area (Å²) in [5, 5.41) is 0. The number of aryl methyl sites for hydroxylation is 1. The molecule has 1 saturated heterocycles. The minimum Gasteiger partial charge on any atom is -0.327 e. The Morgan fingerprint density at radius 2 is 2.00 bits per heavy atom. The number of nitrogens with zero attached hydrogens (tertiary/aromatic N) is 1. The van der Waals surface area contributed by atoms with Crippen LogP contribution in [0.5, 0.6) is 0 Å². The first kappa shape index (κ1) is 14.5. The predicted octanol–water partition coefficient (Wildman–Crippen LogP) is 2.12. The molecule has 3 atom stereocenters. The van der Waals surface area contributed by atoms with Crippen LogP contribution in [0.4, 0.5) is 0 Å². The van der Waals surface area contributed by atoms with Gasteiger partial charge in [-0.1, -0.05) is 15.9 Å². The van der Waals surface area contributed by atoms with Gasteiger partial charge in [0.1, 0.15) is 0 Å². The molecule has 1 aliphatic carbocycles. The van der Waals surface area contributed by atoms with Crippen molar-refractivity contribution >= 4 is 26.0 Å². The van der Waals surface area contributed by atoms with Gasteiger partial charge < -0.3 is 5.73 Å². The molecule has 6 heteroatoms. The molecule has 2 N–H and O–H groups in total. The third kappa shape index (κ3) is 2.43. The summed E-state index contributed by atoms with van der Waals surface area (Å²) in [7, 11) is -3.40. The Labute approximate surface area is 128 Å². The van der Waals surface area contributed by atoms with Gasteiger partial charge in [-0.05, 0) is 55.4 Å². The molecule has 1 aromatic rings. The standard InChI is InChI=1S/C14H19BrN2O2S/c1-9-4-11(15)6-12(5-9)20(18,19)17-7-10-2-3-14(16)13(10)8-17/h4-6,10,13-14H,2-3,7-8,16H2,1H3. The Morgan fingerprint density at radius 3 is 2.65 bits per heavy atom. The molecule has 1 aliphatic heterocycles. The van der Waals surface area contributed by atoms with E-state index >= 15 is 0 Å². The van der Waals surface area contributed by atoms with E-state index in [1.165, 1.54) is 0 Å². The van der Waals surface area contributed by atoms with Crippen LogP contribution in [-0.4, -0.2) is 31.9 Å². The maximum Gasteiger partial charge on any atom is 0.243 e. The van der Waals surface area contributed by atoms with E-state index in [1.54, 1.807) is 16.4 Å². The Hall–Kier alpha value is -0.430. The number of hydrogen-bond acceptors (Lipinski definition) is 3.